The van der Waals surface area contributed by atoms with Crippen LogP contribution in [0.15, 0.2) is 48.5 Å². The van der Waals surface area contributed by atoms with E-state index in [1.54, 1.807) is 55.6 Å². The molecule has 0 bridgehead atoms. The summed E-state index contributed by atoms with van der Waals surface area (Å²) in [5.74, 6) is 0.881. The third-order valence-electron chi connectivity index (χ3n) is 3.58. The van der Waals surface area contributed by atoms with Crippen LogP contribution in [0, 0.1) is 0 Å². The van der Waals surface area contributed by atoms with Gasteiger partial charge in [-0.2, -0.15) is 0 Å². The van der Waals surface area contributed by atoms with E-state index >= 15 is 0 Å². The lowest BCUT2D eigenvalue weighted by molar-refractivity contribution is 0.0934. The number of nitrogens with one attached hydrogen (secondary N) is 3. The third kappa shape index (κ3) is 6.60. The van der Waals surface area contributed by atoms with E-state index in [4.69, 9.17) is 56.5 Å². The number of carbonyl (C=O) groups is 1. The van der Waals surface area contributed by atoms with Crippen molar-refractivity contribution in [3.63, 3.8) is 0 Å². The zero-order chi connectivity index (χ0) is 20.7. The van der Waals surface area contributed by atoms with Gasteiger partial charge in [0, 0.05) is 11.3 Å². The van der Waals surface area contributed by atoms with E-state index in [1.165, 1.54) is 7.11 Å². The van der Waals surface area contributed by atoms with Crippen LogP contribution in [0.5, 0.6) is 11.5 Å². The van der Waals surface area contributed by atoms with Crippen molar-refractivity contribution >= 4 is 63.7 Å². The van der Waals surface area contributed by atoms with E-state index in [2.05, 4.69) is 16.0 Å². The molecule has 0 saturated carbocycles. The first-order chi connectivity index (χ1) is 13.2. The van der Waals surface area contributed by atoms with Crippen molar-refractivity contribution in [1.82, 2.24) is 10.6 Å². The van der Waals surface area contributed by atoms with Gasteiger partial charge in [-0.1, -0.05) is 34.8 Å². The van der Waals surface area contributed by atoms with Gasteiger partial charge in [-0.25, -0.2) is 0 Å². The molecule has 0 aliphatic heterocycles. The third-order valence-corrected chi connectivity index (χ3v) is 4.45. The zero-order valence-electron chi connectivity index (χ0n) is 15.0. The number of hydrogen-bond acceptors (Lipinski definition) is 4. The minimum atomic E-state index is -1.85. The highest BCUT2D eigenvalue weighted by Crippen LogP contribution is 2.29. The lowest BCUT2D eigenvalue weighted by Crippen LogP contribution is -2.56. The fraction of sp³-hybridized carbons (Fsp3) is 0.222. The van der Waals surface area contributed by atoms with Gasteiger partial charge >= 0.3 is 0 Å². The number of anilines is 1. The molecule has 2 aromatic carbocycles. The highest BCUT2D eigenvalue weighted by molar-refractivity contribution is 7.80. The number of halogens is 3. The Morgan fingerprint density at radius 1 is 0.929 bits per heavy atom. The average Bonchev–Trinajstić information content (AvgIpc) is 2.67. The van der Waals surface area contributed by atoms with Crippen LogP contribution in [0.3, 0.4) is 0 Å². The Kier molecular flexibility index (Phi) is 8.00. The quantitative estimate of drug-likeness (QED) is 0.341. The first kappa shape index (κ1) is 22.4. The van der Waals surface area contributed by atoms with Gasteiger partial charge in [0.25, 0.3) is 5.91 Å². The summed E-state index contributed by atoms with van der Waals surface area (Å²) in [6, 6.07) is 13.6. The lowest BCUT2D eigenvalue weighted by atomic mass is 10.2. The number of ether oxygens (including phenoxy) is 2. The fourth-order valence-corrected chi connectivity index (χ4v) is 2.69. The van der Waals surface area contributed by atoms with Gasteiger partial charge < -0.3 is 25.4 Å². The van der Waals surface area contributed by atoms with E-state index in [9.17, 15) is 4.79 Å². The summed E-state index contributed by atoms with van der Waals surface area (Å²) in [4.78, 5) is 12.5. The molecule has 0 radical (unpaired) electrons. The van der Waals surface area contributed by atoms with Crippen molar-refractivity contribution < 1.29 is 14.3 Å². The van der Waals surface area contributed by atoms with Gasteiger partial charge in [-0.05, 0) is 60.7 Å². The normalized spacial score (nSPS) is 11.9. The van der Waals surface area contributed by atoms with Gasteiger partial charge in [0.05, 0.1) is 14.2 Å². The van der Waals surface area contributed by atoms with Crippen LogP contribution in [0.1, 0.15) is 10.4 Å². The van der Waals surface area contributed by atoms with Crippen LogP contribution in [-0.4, -0.2) is 35.2 Å². The molecule has 0 unspecified atom stereocenters. The van der Waals surface area contributed by atoms with Crippen LogP contribution in [0.25, 0.3) is 0 Å². The van der Waals surface area contributed by atoms with E-state index in [1.807, 2.05) is 0 Å². The maximum absolute atomic E-state index is 12.5. The van der Waals surface area contributed by atoms with Crippen LogP contribution < -0.4 is 25.4 Å². The Balaban J connectivity index is 2.03. The zero-order valence-corrected chi connectivity index (χ0v) is 18.0. The standard InChI is InChI=1S/C18H18Cl3N3O3S/c1-26-13-7-3-11(4-8-13)15(25)23-16(18(19,20)21)24-17(28)22-12-5-9-14(27-2)10-6-12/h3-10,16H,1-2H3,(H,23,25)(H2,22,24,28)/t16-/m1/s1. The Hall–Kier alpha value is -1.93. The molecule has 2 aromatic rings. The number of methoxy groups -OCH3 is 2. The molecule has 0 fully saturated rings. The molecule has 1 amide bonds. The van der Waals surface area contributed by atoms with Crippen molar-refractivity contribution in [3.05, 3.63) is 54.1 Å². The van der Waals surface area contributed by atoms with Crippen molar-refractivity contribution in [2.24, 2.45) is 0 Å². The summed E-state index contributed by atoms with van der Waals surface area (Å²) in [5, 5.41) is 8.51. The second-order valence-corrected chi connectivity index (χ2v) is 8.28. The highest BCUT2D eigenvalue weighted by atomic mass is 35.6. The number of hydrogen-bond donors (Lipinski definition) is 3. The lowest BCUT2D eigenvalue weighted by Gasteiger charge is -2.27. The molecule has 0 spiro atoms. The van der Waals surface area contributed by atoms with E-state index in [0.29, 0.717) is 22.7 Å². The summed E-state index contributed by atoms with van der Waals surface area (Å²) < 4.78 is 8.31. The van der Waals surface area contributed by atoms with Crippen LogP contribution in [0.4, 0.5) is 5.69 Å². The second kappa shape index (κ2) is 10.0. The molecule has 28 heavy (non-hydrogen) atoms. The van der Waals surface area contributed by atoms with Gasteiger partial charge in [-0.15, -0.1) is 0 Å². The molecular weight excluding hydrogens is 445 g/mol. The minimum absolute atomic E-state index is 0.163. The molecule has 150 valence electrons. The minimum Gasteiger partial charge on any atom is -0.497 e. The molecular formula is C18H18Cl3N3O3S. The number of benzene rings is 2. The summed E-state index contributed by atoms with van der Waals surface area (Å²) >= 11 is 23.2. The molecule has 6 nitrogen and oxygen atoms in total. The summed E-state index contributed by atoms with van der Waals surface area (Å²) in [6.07, 6.45) is -1.08. The van der Waals surface area contributed by atoms with Crippen molar-refractivity contribution in [3.8, 4) is 11.5 Å². The molecule has 0 aromatic heterocycles. The van der Waals surface area contributed by atoms with Crippen LogP contribution >= 0.6 is 47.0 Å². The van der Waals surface area contributed by atoms with E-state index in [0.717, 1.165) is 0 Å². The van der Waals surface area contributed by atoms with Crippen molar-refractivity contribution in [2.45, 2.75) is 9.96 Å². The van der Waals surface area contributed by atoms with Crippen molar-refractivity contribution in [1.29, 1.82) is 0 Å². The van der Waals surface area contributed by atoms with E-state index < -0.39 is 15.9 Å². The summed E-state index contributed by atoms with van der Waals surface area (Å²) in [7, 11) is 3.11. The predicted molar refractivity (Wildman–Crippen MR) is 117 cm³/mol. The Labute approximate surface area is 183 Å². The smallest absolute Gasteiger partial charge is 0.252 e. The molecule has 1 atom stereocenters. The number of rotatable bonds is 6. The predicted octanol–water partition coefficient (Wildman–Crippen LogP) is 4.12. The molecule has 2 rings (SSSR count). The van der Waals surface area contributed by atoms with Crippen LogP contribution in [-0.2, 0) is 0 Å². The Morgan fingerprint density at radius 3 is 1.89 bits per heavy atom. The maximum atomic E-state index is 12.5. The van der Waals surface area contributed by atoms with Crippen LogP contribution in [0.2, 0.25) is 0 Å². The Bertz CT molecular complexity index is 812. The maximum Gasteiger partial charge on any atom is 0.252 e. The molecule has 3 N–H and O–H groups in total. The van der Waals surface area contributed by atoms with Gasteiger partial charge in [0.2, 0.25) is 3.79 Å². The average molecular weight is 463 g/mol. The fourth-order valence-electron chi connectivity index (χ4n) is 2.13. The SMILES string of the molecule is COc1ccc(NC(=S)N[C@@H](NC(=O)c2ccc(OC)cc2)C(Cl)(Cl)Cl)cc1. The van der Waals surface area contributed by atoms with Gasteiger partial charge in [0.15, 0.2) is 5.11 Å². The first-order valence-electron chi connectivity index (χ1n) is 7.96. The monoisotopic (exact) mass is 461 g/mol. The number of alkyl halides is 3. The number of carbonyl (C=O) groups excluding carboxylic acids is 1. The summed E-state index contributed by atoms with van der Waals surface area (Å²) in [5.41, 5.74) is 1.07. The molecule has 10 heteroatoms. The first-order valence-corrected chi connectivity index (χ1v) is 9.50. The Morgan fingerprint density at radius 2 is 1.43 bits per heavy atom. The highest BCUT2D eigenvalue weighted by Gasteiger charge is 2.34. The number of thiocarbonyl (C=S) groups is 1. The van der Waals surface area contributed by atoms with Gasteiger partial charge in [-0.3, -0.25) is 4.79 Å². The molecule has 0 aliphatic carbocycles. The molecule has 0 heterocycles. The van der Waals surface area contributed by atoms with Gasteiger partial charge in [0.1, 0.15) is 17.7 Å². The van der Waals surface area contributed by atoms with Crippen molar-refractivity contribution in [2.75, 3.05) is 19.5 Å². The number of amides is 1. The molecule has 0 aliphatic rings. The molecule has 0 saturated heterocycles. The topological polar surface area (TPSA) is 71.6 Å². The summed E-state index contributed by atoms with van der Waals surface area (Å²) in [6.45, 7) is 0. The van der Waals surface area contributed by atoms with E-state index in [-0.39, 0.29) is 5.11 Å². The largest absolute Gasteiger partial charge is 0.497 e. The second-order valence-electron chi connectivity index (χ2n) is 5.50.